The number of amides is 1. The molecule has 1 unspecified atom stereocenters. The summed E-state index contributed by atoms with van der Waals surface area (Å²) < 4.78 is 0. The van der Waals surface area contributed by atoms with Gasteiger partial charge in [-0.15, -0.1) is 11.3 Å². The number of aryl methyl sites for hydroxylation is 1. The molecule has 1 aliphatic heterocycles. The average molecular weight is 359 g/mol. The first kappa shape index (κ1) is 18.0. The Labute approximate surface area is 153 Å². The molecule has 134 valence electrons. The summed E-state index contributed by atoms with van der Waals surface area (Å²) in [4.78, 5) is 26.7. The maximum absolute atomic E-state index is 12.6. The van der Waals surface area contributed by atoms with Crippen LogP contribution in [0, 0.1) is 6.92 Å². The first-order chi connectivity index (χ1) is 12.1. The Morgan fingerprint density at radius 1 is 1.44 bits per heavy atom. The molecule has 1 fully saturated rings. The molecule has 0 saturated carbocycles. The number of hydrogen-bond donors (Lipinski definition) is 0. The number of carbonyl (C=O) groups excluding carboxylic acids is 1. The van der Waals surface area contributed by atoms with Crippen LogP contribution in [0.2, 0.25) is 0 Å². The van der Waals surface area contributed by atoms with Crippen LogP contribution in [0.4, 0.5) is 0 Å². The van der Waals surface area contributed by atoms with Gasteiger partial charge in [-0.25, -0.2) is 4.98 Å². The maximum atomic E-state index is 12.6. The van der Waals surface area contributed by atoms with E-state index in [1.54, 1.807) is 17.5 Å². The fraction of sp³-hybridized carbons (Fsp3) is 0.526. The fourth-order valence-corrected chi connectivity index (χ4v) is 4.19. The van der Waals surface area contributed by atoms with E-state index in [-0.39, 0.29) is 5.91 Å². The number of likely N-dealkylation sites (tertiary alicyclic amines) is 1. The highest BCUT2D eigenvalue weighted by molar-refractivity contribution is 7.11. The highest BCUT2D eigenvalue weighted by atomic mass is 32.1. The van der Waals surface area contributed by atoms with Crippen LogP contribution in [0.5, 0.6) is 0 Å². The molecule has 1 atom stereocenters. The number of piperidine rings is 1. The number of thiazole rings is 1. The second-order valence-corrected chi connectivity index (χ2v) is 8.10. The van der Waals surface area contributed by atoms with E-state index in [2.05, 4.69) is 34.9 Å². The molecule has 0 radical (unpaired) electrons. The molecule has 3 heterocycles. The molecule has 0 spiro atoms. The Kier molecular flexibility index (Phi) is 6.15. The van der Waals surface area contributed by atoms with Gasteiger partial charge in [0.2, 0.25) is 5.91 Å². The molecule has 0 aliphatic carbocycles. The molecule has 0 N–H and O–H groups in total. The number of hydrogen-bond acceptors (Lipinski definition) is 5. The zero-order valence-electron chi connectivity index (χ0n) is 15.0. The molecule has 0 bridgehead atoms. The van der Waals surface area contributed by atoms with Gasteiger partial charge in [0.25, 0.3) is 0 Å². The highest BCUT2D eigenvalue weighted by Crippen LogP contribution is 2.29. The highest BCUT2D eigenvalue weighted by Gasteiger charge is 2.26. The van der Waals surface area contributed by atoms with E-state index in [0.29, 0.717) is 12.3 Å². The first-order valence-corrected chi connectivity index (χ1v) is 9.71. The number of aromatic nitrogens is 2. The van der Waals surface area contributed by atoms with Gasteiger partial charge in [0.15, 0.2) is 0 Å². The SMILES string of the molecule is Cc1cnc(C2CCCN(C(=O)CCN(C)Cc3cccnc3)C2)s1. The monoisotopic (exact) mass is 358 g/mol. The lowest BCUT2D eigenvalue weighted by Gasteiger charge is -2.32. The van der Waals surface area contributed by atoms with Gasteiger partial charge < -0.3 is 9.80 Å². The quantitative estimate of drug-likeness (QED) is 0.796. The van der Waals surface area contributed by atoms with Crippen LogP contribution >= 0.6 is 11.3 Å². The van der Waals surface area contributed by atoms with Crippen molar-refractivity contribution in [3.05, 3.63) is 46.2 Å². The van der Waals surface area contributed by atoms with Crippen molar-refractivity contribution in [1.29, 1.82) is 0 Å². The van der Waals surface area contributed by atoms with E-state index >= 15 is 0 Å². The van der Waals surface area contributed by atoms with Crippen LogP contribution in [-0.2, 0) is 11.3 Å². The number of carbonyl (C=O) groups is 1. The van der Waals surface area contributed by atoms with Gasteiger partial charge in [-0.2, -0.15) is 0 Å². The van der Waals surface area contributed by atoms with Gasteiger partial charge >= 0.3 is 0 Å². The van der Waals surface area contributed by atoms with Crippen LogP contribution in [0.1, 0.15) is 40.6 Å². The third-order valence-corrected chi connectivity index (χ3v) is 5.72. The van der Waals surface area contributed by atoms with Gasteiger partial charge in [0.05, 0.1) is 5.01 Å². The summed E-state index contributed by atoms with van der Waals surface area (Å²) in [5, 5.41) is 1.18. The Hall–Kier alpha value is -1.79. The number of rotatable bonds is 6. The van der Waals surface area contributed by atoms with E-state index in [9.17, 15) is 4.79 Å². The zero-order chi connectivity index (χ0) is 17.6. The summed E-state index contributed by atoms with van der Waals surface area (Å²) in [5.41, 5.74) is 1.18. The third kappa shape index (κ3) is 5.09. The van der Waals surface area contributed by atoms with Crippen molar-refractivity contribution in [2.75, 3.05) is 26.7 Å². The Morgan fingerprint density at radius 3 is 3.04 bits per heavy atom. The summed E-state index contributed by atoms with van der Waals surface area (Å²) in [6, 6.07) is 4.01. The van der Waals surface area contributed by atoms with Crippen molar-refractivity contribution >= 4 is 17.2 Å². The molecule has 3 rings (SSSR count). The van der Waals surface area contributed by atoms with Crippen LogP contribution < -0.4 is 0 Å². The molecule has 1 aliphatic rings. The summed E-state index contributed by atoms with van der Waals surface area (Å²) in [7, 11) is 2.05. The van der Waals surface area contributed by atoms with Gasteiger partial charge in [0.1, 0.15) is 0 Å². The molecule has 2 aromatic heterocycles. The molecule has 25 heavy (non-hydrogen) atoms. The van der Waals surface area contributed by atoms with E-state index in [4.69, 9.17) is 0 Å². The van der Waals surface area contributed by atoms with Crippen LogP contribution in [0.25, 0.3) is 0 Å². The molecule has 5 nitrogen and oxygen atoms in total. The lowest BCUT2D eigenvalue weighted by molar-refractivity contribution is -0.132. The predicted molar refractivity (Wildman–Crippen MR) is 101 cm³/mol. The number of pyridine rings is 1. The minimum atomic E-state index is 0.260. The first-order valence-electron chi connectivity index (χ1n) is 8.89. The van der Waals surface area contributed by atoms with Crippen molar-refractivity contribution in [1.82, 2.24) is 19.8 Å². The van der Waals surface area contributed by atoms with Crippen molar-refractivity contribution in [3.8, 4) is 0 Å². The van der Waals surface area contributed by atoms with E-state index in [1.807, 2.05) is 23.4 Å². The van der Waals surface area contributed by atoms with E-state index < -0.39 is 0 Å². The summed E-state index contributed by atoms with van der Waals surface area (Å²) in [5.74, 6) is 0.667. The van der Waals surface area contributed by atoms with Crippen molar-refractivity contribution < 1.29 is 4.79 Å². The minimum Gasteiger partial charge on any atom is -0.342 e. The molecule has 0 aromatic carbocycles. The Morgan fingerprint density at radius 2 is 2.32 bits per heavy atom. The Balaban J connectivity index is 1.47. The zero-order valence-corrected chi connectivity index (χ0v) is 15.8. The summed E-state index contributed by atoms with van der Waals surface area (Å²) >= 11 is 1.76. The van der Waals surface area contributed by atoms with Crippen LogP contribution in [-0.4, -0.2) is 52.4 Å². The normalized spacial score (nSPS) is 17.9. The van der Waals surface area contributed by atoms with Gasteiger partial charge in [-0.05, 0) is 38.4 Å². The number of nitrogens with zero attached hydrogens (tertiary/aromatic N) is 4. The molecule has 1 saturated heterocycles. The molecular formula is C19H26N4OS. The topological polar surface area (TPSA) is 49.3 Å². The van der Waals surface area contributed by atoms with E-state index in [0.717, 1.165) is 39.0 Å². The lowest BCUT2D eigenvalue weighted by atomic mass is 9.98. The second kappa shape index (κ2) is 8.54. The predicted octanol–water partition coefficient (Wildman–Crippen LogP) is 3.07. The smallest absolute Gasteiger partial charge is 0.223 e. The maximum Gasteiger partial charge on any atom is 0.223 e. The van der Waals surface area contributed by atoms with Crippen LogP contribution in [0.3, 0.4) is 0 Å². The molecule has 6 heteroatoms. The van der Waals surface area contributed by atoms with Crippen LogP contribution in [0.15, 0.2) is 30.7 Å². The van der Waals surface area contributed by atoms with Gasteiger partial charge in [-0.1, -0.05) is 6.07 Å². The lowest BCUT2D eigenvalue weighted by Crippen LogP contribution is -2.40. The summed E-state index contributed by atoms with van der Waals surface area (Å²) in [6.45, 7) is 5.38. The molecule has 1 amide bonds. The van der Waals surface area contributed by atoms with Gasteiger partial charge in [-0.3, -0.25) is 9.78 Å². The molecular weight excluding hydrogens is 332 g/mol. The molecule has 2 aromatic rings. The third-order valence-electron chi connectivity index (χ3n) is 4.65. The minimum absolute atomic E-state index is 0.260. The van der Waals surface area contributed by atoms with Crippen molar-refractivity contribution in [2.24, 2.45) is 0 Å². The summed E-state index contributed by atoms with van der Waals surface area (Å²) in [6.07, 6.45) is 8.38. The fourth-order valence-electron chi connectivity index (χ4n) is 3.29. The standard InChI is InChI=1S/C19H26N4OS/c1-15-11-21-19(25-15)17-6-4-9-23(14-17)18(24)7-10-22(2)13-16-5-3-8-20-12-16/h3,5,8,11-12,17H,4,6-7,9-10,13-14H2,1-2H3. The van der Waals surface area contributed by atoms with E-state index in [1.165, 1.54) is 15.4 Å². The van der Waals surface area contributed by atoms with Crippen molar-refractivity contribution in [3.63, 3.8) is 0 Å². The Bertz CT molecular complexity index is 688. The second-order valence-electron chi connectivity index (χ2n) is 6.84. The average Bonchev–Trinajstić information content (AvgIpc) is 3.07. The van der Waals surface area contributed by atoms with Crippen molar-refractivity contribution in [2.45, 2.75) is 38.6 Å². The van der Waals surface area contributed by atoms with Gasteiger partial charge in [0, 0.05) is 62.0 Å². The largest absolute Gasteiger partial charge is 0.342 e.